The quantitative estimate of drug-likeness (QED) is 0.0159. The monoisotopic (exact) mass is 819 g/mol. The zero-order chi connectivity index (χ0) is 42.3. The molecule has 2 N–H and O–H groups in total. The molecule has 11 heteroatoms. The Labute approximate surface area is 346 Å². The Hall–Kier alpha value is -3.11. The first-order valence-electron chi connectivity index (χ1n) is 21.1. The van der Waals surface area contributed by atoms with Crippen molar-refractivity contribution in [3.63, 3.8) is 0 Å². The summed E-state index contributed by atoms with van der Waals surface area (Å²) in [6, 6.07) is 0. The standard InChI is InChI=1S/C46H76NO9P/c1-6-8-10-12-14-16-18-20-21-23-25-27-29-31-33-37-46(50)56-44(42-55-57(51,52)54-40-39-47(3,4)5)41-53-45(49)38-34-36-43(48)35-32-30-28-26-24-22-19-17-15-13-11-9-7-2/h8,10,14-17,20-22,24-25,27-28,30,32,35,43-44,48H,6-7,9,11-13,18-19,23,26,29,31,33-34,36-42H2,1-5H3/p+1/b10-8-,16-14-,17-15-,21-20-,24-22-,27-25-,30-28-,35-32+/t43-,44-/m1/s1. The van der Waals surface area contributed by atoms with Crippen molar-refractivity contribution in [3.8, 4) is 0 Å². The topological polar surface area (TPSA) is 129 Å². The first-order chi connectivity index (χ1) is 27.4. The second-order valence-corrected chi connectivity index (χ2v) is 16.3. The fourth-order valence-corrected chi connectivity index (χ4v) is 5.61. The highest BCUT2D eigenvalue weighted by Crippen LogP contribution is 2.43. The number of aliphatic hydroxyl groups is 1. The minimum absolute atomic E-state index is 0.0119. The minimum atomic E-state index is -4.44. The van der Waals surface area contributed by atoms with Crippen molar-refractivity contribution in [1.29, 1.82) is 0 Å². The van der Waals surface area contributed by atoms with Gasteiger partial charge in [0.2, 0.25) is 0 Å². The third-order valence-corrected chi connectivity index (χ3v) is 9.19. The average molecular weight is 819 g/mol. The summed E-state index contributed by atoms with van der Waals surface area (Å²) in [6.07, 6.45) is 45.0. The van der Waals surface area contributed by atoms with Gasteiger partial charge in [0, 0.05) is 12.8 Å². The Bertz CT molecular complexity index is 1310. The van der Waals surface area contributed by atoms with E-state index in [4.69, 9.17) is 18.5 Å². The summed E-state index contributed by atoms with van der Waals surface area (Å²) < 4.78 is 34.0. The van der Waals surface area contributed by atoms with E-state index in [9.17, 15) is 24.2 Å². The summed E-state index contributed by atoms with van der Waals surface area (Å²) in [4.78, 5) is 35.3. The third-order valence-electron chi connectivity index (χ3n) is 8.20. The molecule has 324 valence electrons. The number of phosphoric acid groups is 1. The van der Waals surface area contributed by atoms with Crippen LogP contribution in [0.1, 0.15) is 123 Å². The highest BCUT2D eigenvalue weighted by Gasteiger charge is 2.27. The number of hydrogen-bond acceptors (Lipinski definition) is 8. The lowest BCUT2D eigenvalue weighted by molar-refractivity contribution is -0.870. The number of rotatable bonds is 36. The number of allylic oxidation sites excluding steroid dienone is 15. The van der Waals surface area contributed by atoms with Crippen molar-refractivity contribution in [3.05, 3.63) is 97.2 Å². The predicted octanol–water partition coefficient (Wildman–Crippen LogP) is 10.8. The molecule has 0 amide bonds. The smallest absolute Gasteiger partial charge is 0.462 e. The van der Waals surface area contributed by atoms with Crippen LogP contribution in [-0.4, -0.2) is 86.1 Å². The molecule has 0 aromatic carbocycles. The number of likely N-dealkylation sites (N-methyl/N-ethyl adjacent to an activating group) is 1. The van der Waals surface area contributed by atoms with Gasteiger partial charge in [-0.1, -0.05) is 124 Å². The van der Waals surface area contributed by atoms with E-state index in [2.05, 4.69) is 86.8 Å². The van der Waals surface area contributed by atoms with Gasteiger partial charge in [-0.3, -0.25) is 18.6 Å². The Kier molecular flexibility index (Phi) is 35.2. The van der Waals surface area contributed by atoms with E-state index < -0.39 is 38.6 Å². The molecule has 0 aliphatic heterocycles. The summed E-state index contributed by atoms with van der Waals surface area (Å²) in [5.74, 6) is -1.06. The summed E-state index contributed by atoms with van der Waals surface area (Å²) in [5, 5.41) is 10.3. The molecular weight excluding hydrogens is 741 g/mol. The van der Waals surface area contributed by atoms with Crippen LogP contribution in [0.4, 0.5) is 0 Å². The number of quaternary nitrogens is 1. The number of phosphoric ester groups is 1. The van der Waals surface area contributed by atoms with Gasteiger partial charge in [0.15, 0.2) is 6.10 Å². The molecule has 0 saturated carbocycles. The normalized spacial score (nSPS) is 15.1. The first kappa shape index (κ1) is 53.9. The number of hydrogen-bond donors (Lipinski definition) is 2. The molecule has 0 rings (SSSR count). The zero-order valence-corrected chi connectivity index (χ0v) is 36.8. The number of unbranched alkanes of at least 4 members (excludes halogenated alkanes) is 5. The van der Waals surface area contributed by atoms with Gasteiger partial charge >= 0.3 is 19.8 Å². The minimum Gasteiger partial charge on any atom is -0.462 e. The van der Waals surface area contributed by atoms with Gasteiger partial charge in [-0.25, -0.2) is 4.57 Å². The zero-order valence-electron chi connectivity index (χ0n) is 35.9. The van der Waals surface area contributed by atoms with Crippen LogP contribution in [0.2, 0.25) is 0 Å². The second kappa shape index (κ2) is 37.2. The van der Waals surface area contributed by atoms with E-state index in [1.165, 1.54) is 19.3 Å². The van der Waals surface area contributed by atoms with Gasteiger partial charge in [-0.2, -0.15) is 0 Å². The van der Waals surface area contributed by atoms with Crippen molar-refractivity contribution in [2.45, 2.75) is 135 Å². The Morgan fingerprint density at radius 3 is 1.77 bits per heavy atom. The average Bonchev–Trinajstić information content (AvgIpc) is 3.15. The molecule has 0 bridgehead atoms. The largest absolute Gasteiger partial charge is 0.472 e. The van der Waals surface area contributed by atoms with Crippen LogP contribution in [0.15, 0.2) is 97.2 Å². The Balaban J connectivity index is 4.68. The molecule has 1 unspecified atom stereocenters. The number of nitrogens with zero attached hydrogens (tertiary/aromatic N) is 1. The molecule has 0 fully saturated rings. The van der Waals surface area contributed by atoms with Crippen LogP contribution in [-0.2, 0) is 32.7 Å². The van der Waals surface area contributed by atoms with E-state index >= 15 is 0 Å². The van der Waals surface area contributed by atoms with Crippen LogP contribution in [0.25, 0.3) is 0 Å². The Morgan fingerprint density at radius 1 is 0.649 bits per heavy atom. The van der Waals surface area contributed by atoms with Gasteiger partial charge in [0.1, 0.15) is 19.8 Å². The van der Waals surface area contributed by atoms with Gasteiger partial charge in [-0.15, -0.1) is 0 Å². The number of ether oxygens (including phenoxy) is 2. The molecule has 0 heterocycles. The van der Waals surface area contributed by atoms with E-state index in [1.807, 2.05) is 33.3 Å². The fraction of sp³-hybridized carbons (Fsp3) is 0.609. The molecule has 0 aliphatic rings. The van der Waals surface area contributed by atoms with E-state index in [0.29, 0.717) is 30.3 Å². The maximum atomic E-state index is 12.7. The summed E-state index contributed by atoms with van der Waals surface area (Å²) in [6.45, 7) is 3.97. The fourth-order valence-electron chi connectivity index (χ4n) is 4.87. The van der Waals surface area contributed by atoms with Crippen LogP contribution in [0.5, 0.6) is 0 Å². The third kappa shape index (κ3) is 40.9. The molecule has 0 spiro atoms. The Morgan fingerprint density at radius 2 is 1.19 bits per heavy atom. The molecular formula is C46H77NO9P+. The van der Waals surface area contributed by atoms with Crippen molar-refractivity contribution < 1.29 is 47.2 Å². The van der Waals surface area contributed by atoms with Crippen molar-refractivity contribution >= 4 is 19.8 Å². The van der Waals surface area contributed by atoms with Gasteiger partial charge in [0.25, 0.3) is 0 Å². The number of esters is 2. The van der Waals surface area contributed by atoms with Crippen molar-refractivity contribution in [2.75, 3.05) is 47.5 Å². The lowest BCUT2D eigenvalue weighted by Crippen LogP contribution is -2.37. The number of carbonyl (C=O) groups excluding carboxylic acids is 2. The van der Waals surface area contributed by atoms with E-state index in [-0.39, 0.29) is 26.1 Å². The summed E-state index contributed by atoms with van der Waals surface area (Å²) in [7, 11) is 1.33. The first-order valence-corrected chi connectivity index (χ1v) is 22.6. The lowest BCUT2D eigenvalue weighted by atomic mass is 10.1. The molecule has 0 saturated heterocycles. The van der Waals surface area contributed by atoms with Crippen LogP contribution in [0, 0.1) is 0 Å². The molecule has 0 radical (unpaired) electrons. The molecule has 57 heavy (non-hydrogen) atoms. The number of carbonyl (C=O) groups is 2. The highest BCUT2D eigenvalue weighted by molar-refractivity contribution is 7.47. The number of aliphatic hydroxyl groups excluding tert-OH is 1. The molecule has 10 nitrogen and oxygen atoms in total. The van der Waals surface area contributed by atoms with E-state index in [0.717, 1.165) is 57.8 Å². The summed E-state index contributed by atoms with van der Waals surface area (Å²) in [5.41, 5.74) is 0. The SMILES string of the molecule is CC/C=C\C/C=C\C/C=C\C/C=C\CCCCC(=O)O[C@H](COC(=O)CCC[C@H](O)/C=C/C=C\C/C=C\C/C=C\CCCCC)COP(=O)(O)OCC[N+](C)(C)C. The van der Waals surface area contributed by atoms with Gasteiger partial charge in [-0.05, 0) is 83.5 Å². The van der Waals surface area contributed by atoms with Crippen molar-refractivity contribution in [2.24, 2.45) is 0 Å². The maximum Gasteiger partial charge on any atom is 0.472 e. The molecule has 0 aliphatic carbocycles. The van der Waals surface area contributed by atoms with Crippen LogP contribution in [0.3, 0.4) is 0 Å². The van der Waals surface area contributed by atoms with E-state index in [1.54, 1.807) is 12.2 Å². The van der Waals surface area contributed by atoms with Gasteiger partial charge < -0.3 is 24.0 Å². The molecule has 0 aromatic rings. The van der Waals surface area contributed by atoms with Crippen LogP contribution >= 0.6 is 7.82 Å². The summed E-state index contributed by atoms with van der Waals surface area (Å²) >= 11 is 0. The van der Waals surface area contributed by atoms with Gasteiger partial charge in [0.05, 0.1) is 33.9 Å². The second-order valence-electron chi connectivity index (χ2n) is 14.8. The molecule has 0 aromatic heterocycles. The maximum absolute atomic E-state index is 12.7. The van der Waals surface area contributed by atoms with Crippen molar-refractivity contribution in [1.82, 2.24) is 0 Å². The lowest BCUT2D eigenvalue weighted by Gasteiger charge is -2.24. The van der Waals surface area contributed by atoms with Crippen LogP contribution < -0.4 is 0 Å². The molecule has 3 atom stereocenters. The highest BCUT2D eigenvalue weighted by atomic mass is 31.2. The predicted molar refractivity (Wildman–Crippen MR) is 234 cm³/mol.